The summed E-state index contributed by atoms with van der Waals surface area (Å²) in [6.07, 6.45) is 2.34. The number of benzene rings is 1. The van der Waals surface area contributed by atoms with Crippen molar-refractivity contribution in [1.82, 2.24) is 0 Å². The van der Waals surface area contributed by atoms with Crippen molar-refractivity contribution in [3.05, 3.63) is 28.2 Å². The van der Waals surface area contributed by atoms with Crippen molar-refractivity contribution in [3.63, 3.8) is 0 Å². The summed E-state index contributed by atoms with van der Waals surface area (Å²) in [5, 5.41) is 3.36. The van der Waals surface area contributed by atoms with Gasteiger partial charge in [0.25, 0.3) is 0 Å². The van der Waals surface area contributed by atoms with Gasteiger partial charge >= 0.3 is 0 Å². The molecule has 0 spiro atoms. The van der Waals surface area contributed by atoms with E-state index >= 15 is 0 Å². The standard InChI is InChI=1S/C13H20BrNO/c1-3-4-9-16-10-8-15-12-7-5-6-11(2)13(12)14/h5-7,15H,3-4,8-10H2,1-2H3. The molecule has 2 nitrogen and oxygen atoms in total. The normalized spacial score (nSPS) is 10.4. The van der Waals surface area contributed by atoms with Crippen LogP contribution in [-0.2, 0) is 4.74 Å². The molecule has 1 N–H and O–H groups in total. The van der Waals surface area contributed by atoms with Crippen LogP contribution in [0.15, 0.2) is 22.7 Å². The minimum absolute atomic E-state index is 0.764. The van der Waals surface area contributed by atoms with Gasteiger partial charge in [-0.1, -0.05) is 25.5 Å². The van der Waals surface area contributed by atoms with Crippen molar-refractivity contribution in [1.29, 1.82) is 0 Å². The Kier molecular flexibility index (Phi) is 6.50. The van der Waals surface area contributed by atoms with Crippen molar-refractivity contribution < 1.29 is 4.74 Å². The fraction of sp³-hybridized carbons (Fsp3) is 0.538. The summed E-state index contributed by atoms with van der Waals surface area (Å²) < 4.78 is 6.63. The number of aryl methyl sites for hydroxylation is 1. The minimum Gasteiger partial charge on any atom is -0.382 e. The summed E-state index contributed by atoms with van der Waals surface area (Å²) in [7, 11) is 0. The van der Waals surface area contributed by atoms with Crippen LogP contribution in [0.5, 0.6) is 0 Å². The van der Waals surface area contributed by atoms with Crippen LogP contribution < -0.4 is 5.32 Å². The Labute approximate surface area is 107 Å². The lowest BCUT2D eigenvalue weighted by molar-refractivity contribution is 0.141. The summed E-state index contributed by atoms with van der Waals surface area (Å²) in [6.45, 7) is 6.75. The first-order chi connectivity index (χ1) is 7.75. The van der Waals surface area contributed by atoms with E-state index in [1.807, 2.05) is 0 Å². The number of anilines is 1. The average molecular weight is 286 g/mol. The number of rotatable bonds is 7. The summed E-state index contributed by atoms with van der Waals surface area (Å²) in [4.78, 5) is 0. The van der Waals surface area contributed by atoms with Crippen LogP contribution in [0.1, 0.15) is 25.3 Å². The second-order valence-electron chi connectivity index (χ2n) is 3.83. The van der Waals surface area contributed by atoms with Crippen LogP contribution >= 0.6 is 15.9 Å². The van der Waals surface area contributed by atoms with Gasteiger partial charge in [-0.3, -0.25) is 0 Å². The van der Waals surface area contributed by atoms with Gasteiger partial charge in [-0.25, -0.2) is 0 Å². The molecule has 90 valence electrons. The van der Waals surface area contributed by atoms with E-state index in [4.69, 9.17) is 4.74 Å². The average Bonchev–Trinajstić information content (AvgIpc) is 2.29. The molecule has 1 aromatic carbocycles. The summed E-state index contributed by atoms with van der Waals surface area (Å²) in [5.41, 5.74) is 2.39. The topological polar surface area (TPSA) is 21.3 Å². The number of ether oxygens (including phenoxy) is 1. The van der Waals surface area contributed by atoms with Crippen LogP contribution in [0, 0.1) is 6.92 Å². The highest BCUT2D eigenvalue weighted by molar-refractivity contribution is 9.10. The highest BCUT2D eigenvalue weighted by Gasteiger charge is 2.00. The van der Waals surface area contributed by atoms with Gasteiger partial charge in [0, 0.05) is 23.3 Å². The lowest BCUT2D eigenvalue weighted by Crippen LogP contribution is -2.10. The van der Waals surface area contributed by atoms with E-state index in [2.05, 4.69) is 53.3 Å². The van der Waals surface area contributed by atoms with Crippen molar-refractivity contribution >= 4 is 21.6 Å². The van der Waals surface area contributed by atoms with Crippen molar-refractivity contribution in [3.8, 4) is 0 Å². The molecule has 1 rings (SSSR count). The fourth-order valence-electron chi connectivity index (χ4n) is 1.39. The van der Waals surface area contributed by atoms with E-state index < -0.39 is 0 Å². The molecule has 0 saturated heterocycles. The highest BCUT2D eigenvalue weighted by atomic mass is 79.9. The molecule has 0 aliphatic carbocycles. The lowest BCUT2D eigenvalue weighted by Gasteiger charge is -2.10. The Morgan fingerprint density at radius 3 is 2.88 bits per heavy atom. The second-order valence-corrected chi connectivity index (χ2v) is 4.62. The maximum Gasteiger partial charge on any atom is 0.0639 e. The lowest BCUT2D eigenvalue weighted by atomic mass is 10.2. The second kappa shape index (κ2) is 7.69. The number of hydrogen-bond acceptors (Lipinski definition) is 2. The largest absolute Gasteiger partial charge is 0.382 e. The zero-order valence-corrected chi connectivity index (χ0v) is 11.6. The first kappa shape index (κ1) is 13.5. The SMILES string of the molecule is CCCCOCCNc1cccc(C)c1Br. The molecular formula is C13H20BrNO. The van der Waals surface area contributed by atoms with E-state index in [1.165, 1.54) is 12.0 Å². The van der Waals surface area contributed by atoms with Gasteiger partial charge in [0.2, 0.25) is 0 Å². The van der Waals surface area contributed by atoms with Gasteiger partial charge in [-0.2, -0.15) is 0 Å². The molecule has 0 aromatic heterocycles. The number of hydrogen-bond donors (Lipinski definition) is 1. The monoisotopic (exact) mass is 285 g/mol. The van der Waals surface area contributed by atoms with Crippen molar-refractivity contribution in [2.75, 3.05) is 25.1 Å². The van der Waals surface area contributed by atoms with E-state index in [-0.39, 0.29) is 0 Å². The Bertz CT molecular complexity index is 315. The Hall–Kier alpha value is -0.540. The Morgan fingerprint density at radius 2 is 2.12 bits per heavy atom. The predicted molar refractivity (Wildman–Crippen MR) is 73.1 cm³/mol. The van der Waals surface area contributed by atoms with Gasteiger partial charge in [0.1, 0.15) is 0 Å². The van der Waals surface area contributed by atoms with Crippen molar-refractivity contribution in [2.24, 2.45) is 0 Å². The van der Waals surface area contributed by atoms with Gasteiger partial charge in [0.15, 0.2) is 0 Å². The zero-order chi connectivity index (χ0) is 11.8. The van der Waals surface area contributed by atoms with E-state index in [9.17, 15) is 0 Å². The Morgan fingerprint density at radius 1 is 1.31 bits per heavy atom. The molecule has 0 fully saturated rings. The minimum atomic E-state index is 0.764. The van der Waals surface area contributed by atoms with Gasteiger partial charge < -0.3 is 10.1 Å². The maximum atomic E-state index is 5.49. The number of nitrogens with one attached hydrogen (secondary N) is 1. The molecule has 0 aliphatic rings. The molecular weight excluding hydrogens is 266 g/mol. The molecule has 16 heavy (non-hydrogen) atoms. The fourth-order valence-corrected chi connectivity index (χ4v) is 1.79. The maximum absolute atomic E-state index is 5.49. The molecule has 3 heteroatoms. The van der Waals surface area contributed by atoms with Crippen LogP contribution in [0.3, 0.4) is 0 Å². The van der Waals surface area contributed by atoms with Gasteiger partial charge in [-0.05, 0) is 40.9 Å². The van der Waals surface area contributed by atoms with Crippen LogP contribution in [0.2, 0.25) is 0 Å². The molecule has 0 heterocycles. The highest BCUT2D eigenvalue weighted by Crippen LogP contribution is 2.25. The van der Waals surface area contributed by atoms with Crippen molar-refractivity contribution in [2.45, 2.75) is 26.7 Å². The zero-order valence-electron chi connectivity index (χ0n) is 10.1. The van der Waals surface area contributed by atoms with Crippen LogP contribution in [0.4, 0.5) is 5.69 Å². The molecule has 0 radical (unpaired) electrons. The van der Waals surface area contributed by atoms with Gasteiger partial charge in [0.05, 0.1) is 6.61 Å². The van der Waals surface area contributed by atoms with E-state index in [0.717, 1.165) is 36.3 Å². The van der Waals surface area contributed by atoms with Crippen LogP contribution in [-0.4, -0.2) is 19.8 Å². The molecule has 0 bridgehead atoms. The molecule has 1 aromatic rings. The predicted octanol–water partition coefficient (Wildman–Crippen LogP) is 3.99. The Balaban J connectivity index is 2.24. The summed E-state index contributed by atoms with van der Waals surface area (Å²) in [5.74, 6) is 0. The third kappa shape index (κ3) is 4.54. The van der Waals surface area contributed by atoms with E-state index in [0.29, 0.717) is 0 Å². The smallest absolute Gasteiger partial charge is 0.0639 e. The number of unbranched alkanes of at least 4 members (excludes halogenated alkanes) is 1. The third-order valence-corrected chi connectivity index (χ3v) is 3.45. The summed E-state index contributed by atoms with van der Waals surface area (Å²) in [6, 6.07) is 6.22. The summed E-state index contributed by atoms with van der Waals surface area (Å²) >= 11 is 3.57. The third-order valence-electron chi connectivity index (χ3n) is 2.40. The first-order valence-electron chi connectivity index (χ1n) is 5.82. The molecule has 0 atom stereocenters. The number of halogens is 1. The van der Waals surface area contributed by atoms with E-state index in [1.54, 1.807) is 0 Å². The van der Waals surface area contributed by atoms with Crippen LogP contribution in [0.25, 0.3) is 0 Å². The van der Waals surface area contributed by atoms with Gasteiger partial charge in [-0.15, -0.1) is 0 Å². The molecule has 0 saturated carbocycles. The first-order valence-corrected chi connectivity index (χ1v) is 6.61. The molecule has 0 unspecified atom stereocenters. The quantitative estimate of drug-likeness (QED) is 0.765. The molecule has 0 aliphatic heterocycles. The molecule has 0 amide bonds.